The highest BCUT2D eigenvalue weighted by atomic mass is 32.2. The van der Waals surface area contributed by atoms with Gasteiger partial charge in [-0.15, -0.1) is 0 Å². The largest absolute Gasteiger partial charge is 0.329 e. The van der Waals surface area contributed by atoms with Crippen molar-refractivity contribution in [1.82, 2.24) is 9.55 Å². The summed E-state index contributed by atoms with van der Waals surface area (Å²) in [6.45, 7) is 6.53. The van der Waals surface area contributed by atoms with Gasteiger partial charge in [-0.1, -0.05) is 57.9 Å². The minimum atomic E-state index is -0.00943. The van der Waals surface area contributed by atoms with E-state index in [4.69, 9.17) is 0 Å². The van der Waals surface area contributed by atoms with Gasteiger partial charge in [0.05, 0.1) is 4.91 Å². The fourth-order valence-corrected chi connectivity index (χ4v) is 3.68. The number of aromatic nitrogens is 2. The van der Waals surface area contributed by atoms with Crippen LogP contribution in [0.1, 0.15) is 46.5 Å². The molecule has 0 radical (unpaired) electrons. The first-order valence-electron chi connectivity index (χ1n) is 8.21. The van der Waals surface area contributed by atoms with E-state index in [9.17, 15) is 4.79 Å². The van der Waals surface area contributed by atoms with Crippen molar-refractivity contribution >= 4 is 17.5 Å². The molecule has 0 aliphatic heterocycles. The molecule has 3 nitrogen and oxygen atoms in total. The van der Waals surface area contributed by atoms with E-state index in [-0.39, 0.29) is 11.2 Å². The molecule has 0 saturated carbocycles. The second-order valence-electron chi connectivity index (χ2n) is 6.69. The van der Waals surface area contributed by atoms with Crippen LogP contribution in [0.2, 0.25) is 0 Å². The Balaban J connectivity index is 2.17. The molecule has 0 bridgehead atoms. The number of carbonyl (C=O) groups is 1. The minimum Gasteiger partial charge on any atom is -0.329 e. The van der Waals surface area contributed by atoms with Gasteiger partial charge in [-0.3, -0.25) is 4.79 Å². The summed E-state index contributed by atoms with van der Waals surface area (Å²) in [5.41, 5.74) is 0.881. The molecule has 0 N–H and O–H groups in total. The van der Waals surface area contributed by atoms with Gasteiger partial charge in [-0.2, -0.15) is 0 Å². The van der Waals surface area contributed by atoms with Crippen LogP contribution in [0.15, 0.2) is 52.3 Å². The molecule has 0 unspecified atom stereocenters. The second kappa shape index (κ2) is 7.82. The molecule has 4 heteroatoms. The summed E-state index contributed by atoms with van der Waals surface area (Å²) in [4.78, 5) is 17.8. The van der Waals surface area contributed by atoms with Crippen molar-refractivity contribution in [2.24, 2.45) is 12.5 Å². The van der Waals surface area contributed by atoms with Gasteiger partial charge in [0.1, 0.15) is 0 Å². The third-order valence-corrected chi connectivity index (χ3v) is 4.92. The van der Waals surface area contributed by atoms with Crippen LogP contribution in [-0.2, 0) is 11.8 Å². The number of thioether (sulfide) groups is 1. The van der Waals surface area contributed by atoms with E-state index in [0.29, 0.717) is 0 Å². The maximum Gasteiger partial charge on any atom is 0.195 e. The molecule has 0 atom stereocenters. The lowest BCUT2D eigenvalue weighted by atomic mass is 9.79. The summed E-state index contributed by atoms with van der Waals surface area (Å²) in [5, 5.41) is 0.847. The molecule has 0 aromatic carbocycles. The fraction of sp³-hybridized carbons (Fsp3) is 0.474. The first-order valence-corrected chi connectivity index (χ1v) is 9.03. The zero-order valence-electron chi connectivity index (χ0n) is 14.5. The Kier molecular flexibility index (Phi) is 6.05. The van der Waals surface area contributed by atoms with Gasteiger partial charge < -0.3 is 4.57 Å². The number of unbranched alkanes of at least 4 members (excludes halogenated alkanes) is 2. The normalized spacial score (nSPS) is 19.6. The van der Waals surface area contributed by atoms with Crippen molar-refractivity contribution in [2.75, 3.05) is 0 Å². The van der Waals surface area contributed by atoms with Crippen LogP contribution in [0.3, 0.4) is 0 Å². The van der Waals surface area contributed by atoms with Crippen molar-refractivity contribution in [1.29, 1.82) is 0 Å². The first kappa shape index (κ1) is 17.8. The number of hydrogen-bond acceptors (Lipinski definition) is 3. The van der Waals surface area contributed by atoms with Crippen molar-refractivity contribution in [3.05, 3.63) is 47.2 Å². The number of aryl methyl sites for hydroxylation is 1. The Bertz CT molecular complexity index is 650. The van der Waals surface area contributed by atoms with Crippen molar-refractivity contribution in [3.8, 4) is 0 Å². The van der Waals surface area contributed by atoms with Crippen LogP contribution >= 0.6 is 11.8 Å². The number of carbonyl (C=O) groups excluding carboxylic acids is 1. The quantitative estimate of drug-likeness (QED) is 0.539. The summed E-state index contributed by atoms with van der Waals surface area (Å²) < 4.78 is 1.94. The maximum absolute atomic E-state index is 12.7. The second-order valence-corrected chi connectivity index (χ2v) is 7.70. The van der Waals surface area contributed by atoms with Gasteiger partial charge in [0.25, 0.3) is 0 Å². The Hall–Kier alpha value is -1.55. The van der Waals surface area contributed by atoms with Crippen molar-refractivity contribution < 1.29 is 4.79 Å². The first-order chi connectivity index (χ1) is 10.9. The summed E-state index contributed by atoms with van der Waals surface area (Å²) in [7, 11) is 1.95. The van der Waals surface area contributed by atoms with Gasteiger partial charge in [-0.25, -0.2) is 4.98 Å². The van der Waals surface area contributed by atoms with Gasteiger partial charge >= 0.3 is 0 Å². The Labute approximate surface area is 143 Å². The maximum atomic E-state index is 12.7. The summed E-state index contributed by atoms with van der Waals surface area (Å²) in [6.07, 6.45) is 16.2. The number of imidazole rings is 1. The standard InChI is InChI=1S/C19H26N2OS/c1-5-6-7-8-9-10-15-13-19(2,3)14-16(17(15)22)23-18-20-11-12-21(18)4/h8-12,14H,5-7,13H2,1-4H3. The summed E-state index contributed by atoms with van der Waals surface area (Å²) in [6, 6.07) is 0. The van der Waals surface area contributed by atoms with Crippen LogP contribution in [0.25, 0.3) is 0 Å². The molecule has 1 aromatic rings. The topological polar surface area (TPSA) is 34.9 Å². The zero-order valence-corrected chi connectivity index (χ0v) is 15.3. The molecule has 1 aliphatic carbocycles. The average Bonchev–Trinajstić information content (AvgIpc) is 2.88. The monoisotopic (exact) mass is 330 g/mol. The molecule has 0 amide bonds. The third kappa shape index (κ3) is 4.96. The van der Waals surface area contributed by atoms with Crippen LogP contribution in [-0.4, -0.2) is 15.3 Å². The van der Waals surface area contributed by atoms with Crippen LogP contribution in [0, 0.1) is 5.41 Å². The van der Waals surface area contributed by atoms with E-state index < -0.39 is 0 Å². The zero-order chi connectivity index (χ0) is 16.9. The number of allylic oxidation sites excluding steroid dienone is 6. The van der Waals surface area contributed by atoms with E-state index in [0.717, 1.165) is 28.5 Å². The number of Topliss-reactive ketones (excluding diaryl/α,β-unsaturated/α-hetero) is 1. The van der Waals surface area contributed by atoms with E-state index in [1.807, 2.05) is 30.0 Å². The molecule has 23 heavy (non-hydrogen) atoms. The number of nitrogens with zero attached hydrogens (tertiary/aromatic N) is 2. The molecule has 0 saturated heterocycles. The Morgan fingerprint density at radius 1 is 1.43 bits per heavy atom. The SMILES string of the molecule is CCCCC=CC=C1CC(C)(C)C=C(Sc2nccn2C)C1=O. The molecule has 1 heterocycles. The lowest BCUT2D eigenvalue weighted by molar-refractivity contribution is -0.112. The van der Waals surface area contributed by atoms with E-state index in [2.05, 4.69) is 37.9 Å². The van der Waals surface area contributed by atoms with Gasteiger partial charge in [0.2, 0.25) is 0 Å². The van der Waals surface area contributed by atoms with Gasteiger partial charge in [-0.05, 0) is 30.0 Å². The van der Waals surface area contributed by atoms with Crippen LogP contribution in [0.5, 0.6) is 0 Å². The highest BCUT2D eigenvalue weighted by molar-refractivity contribution is 8.03. The lowest BCUT2D eigenvalue weighted by Crippen LogP contribution is -2.21. The smallest absolute Gasteiger partial charge is 0.195 e. The molecule has 1 aliphatic rings. The predicted molar refractivity (Wildman–Crippen MR) is 97.3 cm³/mol. The van der Waals surface area contributed by atoms with E-state index in [1.165, 1.54) is 24.6 Å². The molecule has 124 valence electrons. The number of ketones is 1. The molecule has 0 fully saturated rings. The van der Waals surface area contributed by atoms with E-state index >= 15 is 0 Å². The highest BCUT2D eigenvalue weighted by Crippen LogP contribution is 2.40. The molecular weight excluding hydrogens is 304 g/mol. The predicted octanol–water partition coefficient (Wildman–Crippen LogP) is 5.07. The summed E-state index contributed by atoms with van der Waals surface area (Å²) >= 11 is 1.46. The van der Waals surface area contributed by atoms with Crippen molar-refractivity contribution in [2.45, 2.75) is 51.6 Å². The molecule has 1 aromatic heterocycles. The molecular formula is C19H26N2OS. The Morgan fingerprint density at radius 3 is 2.87 bits per heavy atom. The highest BCUT2D eigenvalue weighted by Gasteiger charge is 2.30. The third-order valence-electron chi connectivity index (χ3n) is 3.82. The average molecular weight is 330 g/mol. The van der Waals surface area contributed by atoms with Crippen LogP contribution < -0.4 is 0 Å². The van der Waals surface area contributed by atoms with Crippen molar-refractivity contribution in [3.63, 3.8) is 0 Å². The number of rotatable bonds is 6. The lowest BCUT2D eigenvalue weighted by Gasteiger charge is -2.28. The number of hydrogen-bond donors (Lipinski definition) is 0. The molecule has 2 rings (SSSR count). The Morgan fingerprint density at radius 2 is 2.22 bits per heavy atom. The minimum absolute atomic E-state index is 0.00943. The van der Waals surface area contributed by atoms with Gasteiger partial charge in [0, 0.05) is 25.0 Å². The fourth-order valence-electron chi connectivity index (χ4n) is 2.56. The van der Waals surface area contributed by atoms with Crippen LogP contribution in [0.4, 0.5) is 0 Å². The molecule has 0 spiro atoms. The van der Waals surface area contributed by atoms with Gasteiger partial charge in [0.15, 0.2) is 10.9 Å². The van der Waals surface area contributed by atoms with E-state index in [1.54, 1.807) is 6.20 Å². The summed E-state index contributed by atoms with van der Waals surface area (Å²) in [5.74, 6) is 0.137.